The van der Waals surface area contributed by atoms with E-state index in [4.69, 9.17) is 24.1 Å². The molecule has 1 fully saturated rings. The van der Waals surface area contributed by atoms with Crippen LogP contribution in [0.1, 0.15) is 86.3 Å². The molecule has 3 unspecified atom stereocenters. The van der Waals surface area contributed by atoms with E-state index in [9.17, 15) is 9.90 Å². The molecule has 6 rings (SSSR count). The lowest BCUT2D eigenvalue weighted by Crippen LogP contribution is -2.30. The fourth-order valence-electron chi connectivity index (χ4n) is 6.41. The second kappa shape index (κ2) is 18.4. The smallest absolute Gasteiger partial charge is 0.224 e. The number of rotatable bonds is 17. The number of unbranched alkanes of at least 4 members (excludes halogenated alkanes) is 3. The summed E-state index contributed by atoms with van der Waals surface area (Å²) in [5.41, 5.74) is 8.91. The van der Waals surface area contributed by atoms with Crippen LogP contribution in [0.3, 0.4) is 0 Å². The number of benzene rings is 4. The van der Waals surface area contributed by atoms with Crippen molar-refractivity contribution in [3.63, 3.8) is 0 Å². The molecule has 3 atom stereocenters. The normalized spacial score (nSPS) is 17.1. The Morgan fingerprint density at radius 2 is 1.44 bits per heavy atom. The number of hydrogen-bond donors (Lipinski definition) is 4. The number of anilines is 1. The third-order valence-electron chi connectivity index (χ3n) is 9.31. The van der Waals surface area contributed by atoms with Gasteiger partial charge in [0.05, 0.1) is 18.8 Å². The molecule has 52 heavy (non-hydrogen) atoms. The number of nitrogens with zero attached hydrogens (tertiary/aromatic N) is 1. The number of amides is 1. The van der Waals surface area contributed by atoms with Crippen LogP contribution < -0.4 is 10.8 Å². The summed E-state index contributed by atoms with van der Waals surface area (Å²) in [5.74, 6) is 1.38. The number of aliphatic hydroxyl groups excluding tert-OH is 1. The highest BCUT2D eigenvalue weighted by atomic mass is 16.7. The lowest BCUT2D eigenvalue weighted by molar-refractivity contribution is -0.251. The van der Waals surface area contributed by atoms with Gasteiger partial charge in [-0.1, -0.05) is 116 Å². The number of oxazole rings is 1. The van der Waals surface area contributed by atoms with Crippen LogP contribution in [0.5, 0.6) is 0 Å². The van der Waals surface area contributed by atoms with E-state index in [0.717, 1.165) is 70.6 Å². The highest BCUT2D eigenvalue weighted by Gasteiger charge is 2.32. The van der Waals surface area contributed by atoms with E-state index < -0.39 is 6.29 Å². The van der Waals surface area contributed by atoms with Crippen molar-refractivity contribution < 1.29 is 29.0 Å². The topological polar surface area (TPSA) is 126 Å². The molecular weight excluding hydrogens is 654 g/mol. The van der Waals surface area contributed by atoms with Gasteiger partial charge in [0.25, 0.3) is 0 Å². The lowest BCUT2D eigenvalue weighted by atomic mass is 9.98. The number of aliphatic hydroxyl groups is 1. The molecule has 1 saturated heterocycles. The molecule has 1 aliphatic rings. The summed E-state index contributed by atoms with van der Waals surface area (Å²) in [6.45, 7) is 3.70. The van der Waals surface area contributed by atoms with Crippen molar-refractivity contribution in [2.75, 3.05) is 5.32 Å². The van der Waals surface area contributed by atoms with E-state index in [2.05, 4.69) is 17.4 Å². The zero-order valence-corrected chi connectivity index (χ0v) is 29.4. The molecule has 1 amide bonds. The van der Waals surface area contributed by atoms with Crippen molar-refractivity contribution in [1.29, 1.82) is 0 Å². The molecule has 0 bridgehead atoms. The first-order chi connectivity index (χ1) is 25.5. The van der Waals surface area contributed by atoms with Crippen molar-refractivity contribution in [2.24, 2.45) is 0 Å². The molecule has 4 N–H and O–H groups in total. The Hall–Kier alpha value is -5.06. The Morgan fingerprint density at radius 3 is 2.12 bits per heavy atom. The number of ether oxygens (including phenoxy) is 2. The molecule has 0 aliphatic carbocycles. The highest BCUT2D eigenvalue weighted by molar-refractivity contribution is 5.90. The minimum absolute atomic E-state index is 0.0189. The van der Waals surface area contributed by atoms with E-state index in [1.54, 1.807) is 0 Å². The summed E-state index contributed by atoms with van der Waals surface area (Å²) >= 11 is 0. The average molecular weight is 702 g/mol. The molecule has 5 aromatic rings. The molecule has 1 aromatic heterocycles. The SMILES string of the molecule is C=C(CCCCCCC(=O)Nc1ccc(C2OC(CCc3nc(-c4ccccc4)c(-c4ccccc4)o3)CC(c3ccc(CO)cc3)O2)cc1)NO. The van der Waals surface area contributed by atoms with Gasteiger partial charge in [0.15, 0.2) is 17.9 Å². The summed E-state index contributed by atoms with van der Waals surface area (Å²) in [7, 11) is 0. The van der Waals surface area contributed by atoms with Gasteiger partial charge < -0.3 is 24.3 Å². The molecule has 0 radical (unpaired) electrons. The van der Waals surface area contributed by atoms with Crippen LogP contribution in [0.15, 0.2) is 126 Å². The zero-order valence-electron chi connectivity index (χ0n) is 29.4. The molecule has 4 aromatic carbocycles. The molecule has 9 heteroatoms. The summed E-state index contributed by atoms with van der Waals surface area (Å²) in [5, 5.41) is 21.4. The Morgan fingerprint density at radius 1 is 0.788 bits per heavy atom. The highest BCUT2D eigenvalue weighted by Crippen LogP contribution is 2.40. The van der Waals surface area contributed by atoms with Crippen LogP contribution in [0.25, 0.3) is 22.6 Å². The van der Waals surface area contributed by atoms with Crippen molar-refractivity contribution in [2.45, 2.75) is 82.9 Å². The van der Waals surface area contributed by atoms with Crippen LogP contribution in [0.4, 0.5) is 5.69 Å². The quantitative estimate of drug-likeness (QED) is 0.0558. The first-order valence-electron chi connectivity index (χ1n) is 18.1. The fourth-order valence-corrected chi connectivity index (χ4v) is 6.41. The first-order valence-corrected chi connectivity index (χ1v) is 18.1. The second-order valence-corrected chi connectivity index (χ2v) is 13.2. The summed E-state index contributed by atoms with van der Waals surface area (Å²) in [6.07, 6.45) is 5.69. The Labute approximate surface area is 305 Å². The Kier molecular flexibility index (Phi) is 13.0. The number of aryl methyl sites for hydroxylation is 1. The van der Waals surface area contributed by atoms with Crippen molar-refractivity contribution in [3.05, 3.63) is 144 Å². The fraction of sp³-hybridized carbons (Fsp3) is 0.302. The lowest BCUT2D eigenvalue weighted by Gasteiger charge is -2.36. The molecule has 0 saturated carbocycles. The number of aromatic nitrogens is 1. The molecule has 1 aliphatic heterocycles. The minimum Gasteiger partial charge on any atom is -0.440 e. The van der Waals surface area contributed by atoms with Gasteiger partial charge in [-0.25, -0.2) is 4.98 Å². The van der Waals surface area contributed by atoms with E-state index in [1.165, 1.54) is 0 Å². The number of carbonyl (C=O) groups is 1. The third-order valence-corrected chi connectivity index (χ3v) is 9.31. The van der Waals surface area contributed by atoms with Gasteiger partial charge in [-0.15, -0.1) is 0 Å². The maximum atomic E-state index is 12.6. The summed E-state index contributed by atoms with van der Waals surface area (Å²) in [4.78, 5) is 17.6. The third kappa shape index (κ3) is 10.0. The van der Waals surface area contributed by atoms with E-state index in [1.807, 2.05) is 109 Å². The number of nitrogens with one attached hydrogen (secondary N) is 2. The average Bonchev–Trinajstić information content (AvgIpc) is 3.63. The number of hydrogen-bond acceptors (Lipinski definition) is 8. The first kappa shape index (κ1) is 36.7. The van der Waals surface area contributed by atoms with Crippen molar-refractivity contribution in [3.8, 4) is 22.6 Å². The predicted octanol–water partition coefficient (Wildman–Crippen LogP) is 9.45. The number of carbonyl (C=O) groups excluding carboxylic acids is 1. The molecule has 0 spiro atoms. The standard InChI is InChI=1S/C43H47N3O6/c1-30(46-49)12-6-2-3-11-17-39(48)44-36-24-22-35(23-25-36)43-50-37(28-38(51-43)32-20-18-31(29-47)19-21-32)26-27-40-45-41(33-13-7-4-8-14-33)42(52-40)34-15-9-5-10-16-34/h4-5,7-10,13-16,18-25,37-38,43,46-47,49H,1-3,6,11-12,17,26-29H2,(H,44,48). The van der Waals surface area contributed by atoms with E-state index >= 15 is 0 Å². The van der Waals surface area contributed by atoms with Crippen LogP contribution in [0, 0.1) is 0 Å². The maximum Gasteiger partial charge on any atom is 0.224 e. The van der Waals surface area contributed by atoms with Crippen LogP contribution >= 0.6 is 0 Å². The summed E-state index contributed by atoms with van der Waals surface area (Å²) < 4.78 is 19.6. The van der Waals surface area contributed by atoms with Crippen molar-refractivity contribution >= 4 is 11.6 Å². The van der Waals surface area contributed by atoms with Crippen LogP contribution in [-0.2, 0) is 27.3 Å². The number of hydroxylamine groups is 1. The monoisotopic (exact) mass is 701 g/mol. The van der Waals surface area contributed by atoms with Gasteiger partial charge in [0.2, 0.25) is 5.91 Å². The van der Waals surface area contributed by atoms with Gasteiger partial charge in [-0.05, 0) is 48.9 Å². The Balaban J connectivity index is 1.12. The largest absolute Gasteiger partial charge is 0.440 e. The van der Waals surface area contributed by atoms with Gasteiger partial charge in [0, 0.05) is 47.3 Å². The van der Waals surface area contributed by atoms with Gasteiger partial charge in [-0.3, -0.25) is 15.5 Å². The Bertz CT molecular complexity index is 1800. The summed E-state index contributed by atoms with van der Waals surface area (Å²) in [6, 6.07) is 35.6. The minimum atomic E-state index is -0.618. The zero-order chi connectivity index (χ0) is 36.1. The number of allylic oxidation sites excluding steroid dienone is 1. The predicted molar refractivity (Wildman–Crippen MR) is 201 cm³/mol. The molecular formula is C43H47N3O6. The molecule has 270 valence electrons. The second-order valence-electron chi connectivity index (χ2n) is 13.2. The van der Waals surface area contributed by atoms with Crippen molar-refractivity contribution in [1.82, 2.24) is 10.5 Å². The molecule has 2 heterocycles. The van der Waals surface area contributed by atoms with Gasteiger partial charge in [0.1, 0.15) is 5.69 Å². The van der Waals surface area contributed by atoms with Gasteiger partial charge >= 0.3 is 0 Å². The van der Waals surface area contributed by atoms with Crippen LogP contribution in [-0.4, -0.2) is 27.3 Å². The van der Waals surface area contributed by atoms with Crippen LogP contribution in [0.2, 0.25) is 0 Å². The molecule has 9 nitrogen and oxygen atoms in total. The van der Waals surface area contributed by atoms with E-state index in [0.29, 0.717) is 43.7 Å². The maximum absolute atomic E-state index is 12.6. The van der Waals surface area contributed by atoms with E-state index in [-0.39, 0.29) is 24.7 Å². The van der Waals surface area contributed by atoms with Gasteiger partial charge in [-0.2, -0.15) is 0 Å².